The number of ether oxygens (including phenoxy) is 2. The maximum absolute atomic E-state index is 12.9. The van der Waals surface area contributed by atoms with Crippen molar-refractivity contribution in [1.82, 2.24) is 9.88 Å². The summed E-state index contributed by atoms with van der Waals surface area (Å²) in [6.07, 6.45) is 6.51. The molecule has 1 aliphatic rings. The van der Waals surface area contributed by atoms with E-state index in [9.17, 15) is 9.59 Å². The van der Waals surface area contributed by atoms with Crippen LogP contribution in [0.25, 0.3) is 0 Å². The minimum Gasteiger partial charge on any atom is -0.484 e. The Hall–Kier alpha value is -2.83. The van der Waals surface area contributed by atoms with Crippen LogP contribution in [0.5, 0.6) is 5.75 Å². The zero-order valence-electron chi connectivity index (χ0n) is 15.4. The highest BCUT2D eigenvalue weighted by Crippen LogP contribution is 2.24. The molecule has 1 heterocycles. The molecular formula is C20H24N2O5. The first-order chi connectivity index (χ1) is 13.2. The molecule has 0 saturated heterocycles. The molecular weight excluding hydrogens is 348 g/mol. The predicted octanol–water partition coefficient (Wildman–Crippen LogP) is 3.20. The number of aromatic nitrogens is 1. The smallest absolute Gasteiger partial charge is 0.360 e. The minimum atomic E-state index is -0.562. The van der Waals surface area contributed by atoms with E-state index in [1.165, 1.54) is 19.8 Å². The van der Waals surface area contributed by atoms with E-state index in [-0.39, 0.29) is 30.8 Å². The van der Waals surface area contributed by atoms with E-state index in [1.54, 1.807) is 4.90 Å². The summed E-state index contributed by atoms with van der Waals surface area (Å²) in [5.41, 5.74) is 0.101. The zero-order chi connectivity index (χ0) is 19.1. The molecule has 0 spiro atoms. The maximum atomic E-state index is 12.9. The van der Waals surface area contributed by atoms with Gasteiger partial charge in [-0.15, -0.1) is 0 Å². The molecule has 27 heavy (non-hydrogen) atoms. The van der Waals surface area contributed by atoms with E-state index < -0.39 is 5.97 Å². The third-order valence-corrected chi connectivity index (χ3v) is 4.69. The van der Waals surface area contributed by atoms with Gasteiger partial charge in [-0.1, -0.05) is 37.5 Å². The van der Waals surface area contributed by atoms with E-state index >= 15 is 0 Å². The number of rotatable bonds is 7. The van der Waals surface area contributed by atoms with E-state index in [0.717, 1.165) is 25.7 Å². The molecule has 1 aliphatic carbocycles. The first-order valence-electron chi connectivity index (χ1n) is 9.17. The Morgan fingerprint density at radius 2 is 1.93 bits per heavy atom. The topological polar surface area (TPSA) is 81.9 Å². The quantitative estimate of drug-likeness (QED) is 0.694. The van der Waals surface area contributed by atoms with Gasteiger partial charge in [0.05, 0.1) is 13.7 Å². The van der Waals surface area contributed by atoms with E-state index in [1.807, 2.05) is 30.3 Å². The lowest BCUT2D eigenvalue weighted by Gasteiger charge is -2.33. The highest BCUT2D eigenvalue weighted by Gasteiger charge is 2.27. The number of methoxy groups -OCH3 is 1. The lowest BCUT2D eigenvalue weighted by molar-refractivity contribution is -0.137. The van der Waals surface area contributed by atoms with Crippen molar-refractivity contribution in [2.75, 3.05) is 13.7 Å². The Balaban J connectivity index is 1.69. The van der Waals surface area contributed by atoms with Crippen molar-refractivity contribution in [1.29, 1.82) is 0 Å². The zero-order valence-corrected chi connectivity index (χ0v) is 15.4. The highest BCUT2D eigenvalue weighted by molar-refractivity contribution is 5.86. The average molecular weight is 372 g/mol. The Bertz CT molecular complexity index is 753. The largest absolute Gasteiger partial charge is 0.484 e. The lowest BCUT2D eigenvalue weighted by Crippen LogP contribution is -2.43. The number of benzene rings is 1. The van der Waals surface area contributed by atoms with Crippen LogP contribution >= 0.6 is 0 Å². The summed E-state index contributed by atoms with van der Waals surface area (Å²) in [5.74, 6) is 0.282. The van der Waals surface area contributed by atoms with Crippen LogP contribution in [0.3, 0.4) is 0 Å². The molecule has 3 rings (SSSR count). The fourth-order valence-corrected chi connectivity index (χ4v) is 3.29. The number of oxazole rings is 1. The molecule has 7 nitrogen and oxygen atoms in total. The van der Waals surface area contributed by atoms with Crippen molar-refractivity contribution in [3.63, 3.8) is 0 Å². The number of esters is 1. The molecule has 2 aromatic rings. The van der Waals surface area contributed by atoms with Crippen molar-refractivity contribution in [3.8, 4) is 5.75 Å². The molecule has 144 valence electrons. The summed E-state index contributed by atoms with van der Waals surface area (Å²) in [4.78, 5) is 30.3. The molecule has 1 fully saturated rings. The predicted molar refractivity (Wildman–Crippen MR) is 97.2 cm³/mol. The number of nitrogens with zero attached hydrogens (tertiary/aromatic N) is 2. The van der Waals surface area contributed by atoms with Gasteiger partial charge >= 0.3 is 5.97 Å². The maximum Gasteiger partial charge on any atom is 0.360 e. The Labute approximate surface area is 158 Å². The van der Waals surface area contributed by atoms with Gasteiger partial charge in [0.15, 0.2) is 12.3 Å². The van der Waals surface area contributed by atoms with Crippen molar-refractivity contribution < 1.29 is 23.5 Å². The van der Waals surface area contributed by atoms with Crippen molar-refractivity contribution >= 4 is 11.9 Å². The van der Waals surface area contributed by atoms with Gasteiger partial charge < -0.3 is 18.8 Å². The number of para-hydroxylation sites is 1. The number of carbonyl (C=O) groups excluding carboxylic acids is 2. The summed E-state index contributed by atoms with van der Waals surface area (Å²) in [5, 5.41) is 0. The molecule has 0 bridgehead atoms. The van der Waals surface area contributed by atoms with E-state index in [2.05, 4.69) is 9.72 Å². The van der Waals surface area contributed by atoms with Crippen molar-refractivity contribution in [2.45, 2.75) is 44.7 Å². The Kier molecular flexibility index (Phi) is 6.46. The van der Waals surface area contributed by atoms with Gasteiger partial charge in [-0.2, -0.15) is 0 Å². The van der Waals surface area contributed by atoms with Gasteiger partial charge in [-0.3, -0.25) is 4.79 Å². The minimum absolute atomic E-state index is 0.0505. The van der Waals surface area contributed by atoms with E-state index in [0.29, 0.717) is 11.6 Å². The molecule has 1 saturated carbocycles. The summed E-state index contributed by atoms with van der Waals surface area (Å²) in [6.45, 7) is 0.156. The van der Waals surface area contributed by atoms with Gasteiger partial charge in [0, 0.05) is 6.04 Å². The molecule has 0 atom stereocenters. The monoisotopic (exact) mass is 372 g/mol. The first-order valence-corrected chi connectivity index (χ1v) is 9.17. The number of carbonyl (C=O) groups is 2. The normalized spacial score (nSPS) is 14.6. The first kappa shape index (κ1) is 18.9. The van der Waals surface area contributed by atoms with Crippen LogP contribution in [0.2, 0.25) is 0 Å². The van der Waals surface area contributed by atoms with Crippen LogP contribution in [0.15, 0.2) is 41.0 Å². The van der Waals surface area contributed by atoms with Gasteiger partial charge in [0.25, 0.3) is 5.91 Å². The second-order valence-corrected chi connectivity index (χ2v) is 6.53. The van der Waals surface area contributed by atoms with Gasteiger partial charge in [-0.05, 0) is 25.0 Å². The van der Waals surface area contributed by atoms with Crippen LogP contribution < -0.4 is 4.74 Å². The van der Waals surface area contributed by atoms with Crippen molar-refractivity contribution in [3.05, 3.63) is 48.2 Å². The summed E-state index contributed by atoms with van der Waals surface area (Å²) >= 11 is 0. The van der Waals surface area contributed by atoms with E-state index in [4.69, 9.17) is 9.15 Å². The molecule has 1 aromatic carbocycles. The molecule has 1 aromatic heterocycles. The molecule has 0 N–H and O–H groups in total. The third kappa shape index (κ3) is 5.09. The second kappa shape index (κ2) is 9.21. The Morgan fingerprint density at radius 3 is 2.63 bits per heavy atom. The molecule has 0 unspecified atom stereocenters. The third-order valence-electron chi connectivity index (χ3n) is 4.69. The lowest BCUT2D eigenvalue weighted by atomic mass is 9.94. The second-order valence-electron chi connectivity index (χ2n) is 6.53. The molecule has 7 heteroatoms. The summed E-state index contributed by atoms with van der Waals surface area (Å²) < 4.78 is 15.6. The van der Waals surface area contributed by atoms with Crippen LogP contribution in [-0.4, -0.2) is 41.5 Å². The van der Waals surface area contributed by atoms with Crippen LogP contribution in [-0.2, 0) is 16.1 Å². The number of amides is 1. The molecule has 0 aliphatic heterocycles. The van der Waals surface area contributed by atoms with Gasteiger partial charge in [0.1, 0.15) is 12.0 Å². The van der Waals surface area contributed by atoms with Crippen LogP contribution in [0, 0.1) is 0 Å². The summed E-state index contributed by atoms with van der Waals surface area (Å²) in [6, 6.07) is 9.37. The molecule has 1 amide bonds. The average Bonchev–Trinajstić information content (AvgIpc) is 3.20. The van der Waals surface area contributed by atoms with Crippen LogP contribution in [0.4, 0.5) is 0 Å². The SMILES string of the molecule is COC(=O)c1coc(CN(C(=O)COc2ccccc2)C2CCCCC2)n1. The fraction of sp³-hybridized carbons (Fsp3) is 0.450. The number of hydrogen-bond acceptors (Lipinski definition) is 6. The van der Waals surface area contributed by atoms with Crippen molar-refractivity contribution in [2.24, 2.45) is 0 Å². The number of hydrogen-bond donors (Lipinski definition) is 0. The van der Waals surface area contributed by atoms with Gasteiger partial charge in [0.2, 0.25) is 5.89 Å². The highest BCUT2D eigenvalue weighted by atomic mass is 16.5. The fourth-order valence-electron chi connectivity index (χ4n) is 3.29. The molecule has 0 radical (unpaired) electrons. The standard InChI is InChI=1S/C20H24N2O5/c1-25-20(24)17-13-27-18(21-17)12-22(15-8-4-2-5-9-15)19(23)14-26-16-10-6-3-7-11-16/h3,6-7,10-11,13,15H,2,4-5,8-9,12,14H2,1H3. The van der Waals surface area contributed by atoms with Crippen LogP contribution in [0.1, 0.15) is 48.5 Å². The summed E-state index contributed by atoms with van der Waals surface area (Å²) in [7, 11) is 1.29. The Morgan fingerprint density at radius 1 is 1.19 bits per heavy atom. The van der Waals surface area contributed by atoms with Gasteiger partial charge in [-0.25, -0.2) is 9.78 Å².